The molecule has 1 aromatic rings. The molecule has 19 heavy (non-hydrogen) atoms. The lowest BCUT2D eigenvalue weighted by molar-refractivity contribution is 0.0928. The molecule has 0 saturated heterocycles. The van der Waals surface area contributed by atoms with E-state index < -0.39 is 0 Å². The number of carbonyl (C=O) groups excluding carboxylic acids is 1. The van der Waals surface area contributed by atoms with Crippen molar-refractivity contribution in [3.63, 3.8) is 0 Å². The molecule has 1 aromatic carbocycles. The molecular formula is C14H19ClN2OS. The summed E-state index contributed by atoms with van der Waals surface area (Å²) in [5, 5.41) is 4.25. The fourth-order valence-electron chi connectivity index (χ4n) is 2.42. The second kappa shape index (κ2) is 6.53. The van der Waals surface area contributed by atoms with Crippen LogP contribution in [0.4, 0.5) is 5.69 Å². The van der Waals surface area contributed by atoms with Gasteiger partial charge in [-0.3, -0.25) is 4.79 Å². The maximum atomic E-state index is 12.2. The number of rotatable bonds is 3. The number of hydrogen-bond donors (Lipinski definition) is 2. The van der Waals surface area contributed by atoms with Gasteiger partial charge in [0.15, 0.2) is 0 Å². The molecule has 0 heterocycles. The van der Waals surface area contributed by atoms with Crippen LogP contribution >= 0.6 is 23.4 Å². The zero-order valence-corrected chi connectivity index (χ0v) is 12.6. The summed E-state index contributed by atoms with van der Waals surface area (Å²) in [7, 11) is 0. The van der Waals surface area contributed by atoms with Crippen molar-refractivity contribution in [3.8, 4) is 0 Å². The van der Waals surface area contributed by atoms with Gasteiger partial charge in [0.25, 0.3) is 5.91 Å². The van der Waals surface area contributed by atoms with E-state index in [1.54, 1.807) is 18.2 Å². The lowest BCUT2D eigenvalue weighted by Gasteiger charge is -2.28. The fourth-order valence-corrected chi connectivity index (χ4v) is 3.37. The highest BCUT2D eigenvalue weighted by Gasteiger charge is 2.22. The summed E-state index contributed by atoms with van der Waals surface area (Å²) in [6, 6.07) is 5.25. The normalized spacial score (nSPS) is 23.1. The highest BCUT2D eigenvalue weighted by molar-refractivity contribution is 7.99. The van der Waals surface area contributed by atoms with Gasteiger partial charge in [0.1, 0.15) is 0 Å². The Morgan fingerprint density at radius 3 is 2.68 bits per heavy atom. The minimum absolute atomic E-state index is 0.120. The Kier molecular flexibility index (Phi) is 4.99. The molecule has 0 bridgehead atoms. The van der Waals surface area contributed by atoms with Crippen molar-refractivity contribution < 1.29 is 4.79 Å². The number of nitrogens with two attached hydrogens (primary N) is 1. The van der Waals surface area contributed by atoms with E-state index in [9.17, 15) is 4.79 Å². The fraction of sp³-hybridized carbons (Fsp3) is 0.500. The molecule has 5 heteroatoms. The second-order valence-corrected chi connectivity index (χ2v) is 6.47. The number of benzene rings is 1. The van der Waals surface area contributed by atoms with E-state index in [-0.39, 0.29) is 11.9 Å². The first-order valence-electron chi connectivity index (χ1n) is 6.49. The van der Waals surface area contributed by atoms with Crippen molar-refractivity contribution >= 4 is 35.0 Å². The molecule has 0 aromatic heterocycles. The van der Waals surface area contributed by atoms with Crippen LogP contribution in [0.2, 0.25) is 5.02 Å². The average Bonchev–Trinajstić information content (AvgIpc) is 2.42. The van der Waals surface area contributed by atoms with Crippen LogP contribution in [0.5, 0.6) is 0 Å². The molecule has 1 amide bonds. The number of thioether (sulfide) groups is 1. The van der Waals surface area contributed by atoms with Crippen LogP contribution in [-0.2, 0) is 0 Å². The number of carbonyl (C=O) groups is 1. The maximum Gasteiger partial charge on any atom is 0.253 e. The van der Waals surface area contributed by atoms with Crippen LogP contribution < -0.4 is 11.1 Å². The van der Waals surface area contributed by atoms with Gasteiger partial charge in [-0.05, 0) is 50.1 Å². The van der Waals surface area contributed by atoms with Gasteiger partial charge < -0.3 is 11.1 Å². The van der Waals surface area contributed by atoms with Crippen LogP contribution in [0.3, 0.4) is 0 Å². The third-order valence-corrected chi connectivity index (χ3v) is 5.05. The van der Waals surface area contributed by atoms with E-state index >= 15 is 0 Å². The monoisotopic (exact) mass is 298 g/mol. The summed E-state index contributed by atoms with van der Waals surface area (Å²) >= 11 is 7.95. The zero-order chi connectivity index (χ0) is 13.8. The summed E-state index contributed by atoms with van der Waals surface area (Å²) in [5.41, 5.74) is 6.72. The van der Waals surface area contributed by atoms with Crippen molar-refractivity contribution in [2.24, 2.45) is 0 Å². The molecule has 1 fully saturated rings. The first kappa shape index (κ1) is 14.5. The third-order valence-electron chi connectivity index (χ3n) is 3.58. The SMILES string of the molecule is CSC1CCC(NC(=O)c2cc(N)ccc2Cl)CC1. The van der Waals surface area contributed by atoms with Gasteiger partial charge in [0.2, 0.25) is 0 Å². The molecule has 0 unspecified atom stereocenters. The summed E-state index contributed by atoms with van der Waals surface area (Å²) in [6.45, 7) is 0. The summed E-state index contributed by atoms with van der Waals surface area (Å²) in [4.78, 5) is 12.2. The topological polar surface area (TPSA) is 55.1 Å². The Morgan fingerprint density at radius 1 is 1.37 bits per heavy atom. The lowest BCUT2D eigenvalue weighted by Crippen LogP contribution is -2.38. The first-order valence-corrected chi connectivity index (χ1v) is 8.15. The maximum absolute atomic E-state index is 12.2. The van der Waals surface area contributed by atoms with Gasteiger partial charge in [-0.2, -0.15) is 11.8 Å². The quantitative estimate of drug-likeness (QED) is 0.842. The van der Waals surface area contributed by atoms with Crippen molar-refractivity contribution in [2.45, 2.75) is 37.0 Å². The Hall–Kier alpha value is -0.870. The highest BCUT2D eigenvalue weighted by Crippen LogP contribution is 2.27. The molecular weight excluding hydrogens is 280 g/mol. The van der Waals surface area contributed by atoms with Crippen LogP contribution in [0.1, 0.15) is 36.0 Å². The van der Waals surface area contributed by atoms with E-state index in [0.29, 0.717) is 16.3 Å². The first-order chi connectivity index (χ1) is 9.10. The minimum Gasteiger partial charge on any atom is -0.399 e. The van der Waals surface area contributed by atoms with E-state index in [1.807, 2.05) is 11.8 Å². The summed E-state index contributed by atoms with van der Waals surface area (Å²) in [6.07, 6.45) is 6.55. The molecule has 2 rings (SSSR count). The van der Waals surface area contributed by atoms with Gasteiger partial charge in [0, 0.05) is 17.0 Å². The van der Waals surface area contributed by atoms with Crippen LogP contribution in [0, 0.1) is 0 Å². The summed E-state index contributed by atoms with van der Waals surface area (Å²) < 4.78 is 0. The van der Waals surface area contributed by atoms with Crippen molar-refractivity contribution in [1.29, 1.82) is 0 Å². The Balaban J connectivity index is 1.96. The number of nitrogens with one attached hydrogen (secondary N) is 1. The predicted octanol–water partition coefficient (Wildman–Crippen LogP) is 3.33. The van der Waals surface area contributed by atoms with Crippen LogP contribution in [-0.4, -0.2) is 23.5 Å². The Labute approximate surface area is 123 Å². The molecule has 3 N–H and O–H groups in total. The molecule has 1 saturated carbocycles. The largest absolute Gasteiger partial charge is 0.399 e. The molecule has 3 nitrogen and oxygen atoms in total. The number of hydrogen-bond acceptors (Lipinski definition) is 3. The zero-order valence-electron chi connectivity index (χ0n) is 11.0. The van der Waals surface area contributed by atoms with Crippen LogP contribution in [0.15, 0.2) is 18.2 Å². The number of nitrogen functional groups attached to an aromatic ring is 1. The molecule has 104 valence electrons. The van der Waals surface area contributed by atoms with Gasteiger partial charge in [-0.25, -0.2) is 0 Å². The Morgan fingerprint density at radius 2 is 2.05 bits per heavy atom. The third kappa shape index (κ3) is 3.80. The Bertz CT molecular complexity index is 459. The summed E-state index contributed by atoms with van der Waals surface area (Å²) in [5.74, 6) is -0.120. The molecule has 1 aliphatic rings. The number of halogens is 1. The van der Waals surface area contributed by atoms with E-state index in [4.69, 9.17) is 17.3 Å². The molecule has 0 atom stereocenters. The van der Waals surface area contributed by atoms with Gasteiger partial charge in [-0.1, -0.05) is 11.6 Å². The lowest BCUT2D eigenvalue weighted by atomic mass is 9.94. The number of amides is 1. The molecule has 0 radical (unpaired) electrons. The smallest absolute Gasteiger partial charge is 0.253 e. The van der Waals surface area contributed by atoms with Gasteiger partial charge in [-0.15, -0.1) is 0 Å². The standard InChI is InChI=1S/C14H19ClN2OS/c1-19-11-5-3-10(4-6-11)17-14(18)12-8-9(16)2-7-13(12)15/h2,7-8,10-11H,3-6,16H2,1H3,(H,17,18). The average molecular weight is 299 g/mol. The van der Waals surface area contributed by atoms with Gasteiger partial charge >= 0.3 is 0 Å². The van der Waals surface area contributed by atoms with E-state index in [1.165, 1.54) is 0 Å². The van der Waals surface area contributed by atoms with Crippen molar-refractivity contribution in [1.82, 2.24) is 5.32 Å². The molecule has 0 spiro atoms. The van der Waals surface area contributed by atoms with Gasteiger partial charge in [0.05, 0.1) is 10.6 Å². The van der Waals surface area contributed by atoms with E-state index in [0.717, 1.165) is 30.9 Å². The molecule has 1 aliphatic carbocycles. The van der Waals surface area contributed by atoms with Crippen molar-refractivity contribution in [3.05, 3.63) is 28.8 Å². The van der Waals surface area contributed by atoms with Crippen molar-refractivity contribution in [2.75, 3.05) is 12.0 Å². The predicted molar refractivity (Wildman–Crippen MR) is 82.9 cm³/mol. The second-order valence-electron chi connectivity index (χ2n) is 4.92. The molecule has 0 aliphatic heterocycles. The highest BCUT2D eigenvalue weighted by atomic mass is 35.5. The number of anilines is 1. The van der Waals surface area contributed by atoms with Crippen LogP contribution in [0.25, 0.3) is 0 Å². The minimum atomic E-state index is -0.120. The van der Waals surface area contributed by atoms with E-state index in [2.05, 4.69) is 11.6 Å².